The lowest BCUT2D eigenvalue weighted by Gasteiger charge is -2.31. The topological polar surface area (TPSA) is 76.4 Å². The summed E-state index contributed by atoms with van der Waals surface area (Å²) in [5, 5.41) is 21.4. The highest BCUT2D eigenvalue weighted by atomic mass is 16.3. The van der Waals surface area contributed by atoms with E-state index in [1.165, 1.54) is 0 Å². The molecule has 5 heteroatoms. The summed E-state index contributed by atoms with van der Waals surface area (Å²) in [6, 6.07) is 15.2. The third-order valence-corrected chi connectivity index (χ3v) is 5.32. The van der Waals surface area contributed by atoms with E-state index >= 15 is 0 Å². The number of rotatable bonds is 6. The Labute approximate surface area is 166 Å². The number of hydrogen-bond donors (Lipinski definition) is 2. The SMILES string of the molecule is CCc1cc(C#N)ccc1NC(=O)c1cccc(CN2CCC[C@@H](CO)C2)c1. The summed E-state index contributed by atoms with van der Waals surface area (Å²) in [4.78, 5) is 15.1. The molecule has 1 heterocycles. The number of carbonyl (C=O) groups excluding carboxylic acids is 1. The largest absolute Gasteiger partial charge is 0.396 e. The maximum atomic E-state index is 12.8. The highest BCUT2D eigenvalue weighted by Gasteiger charge is 2.19. The molecule has 1 saturated heterocycles. The Hall–Kier alpha value is -2.68. The number of nitrogens with one attached hydrogen (secondary N) is 1. The monoisotopic (exact) mass is 377 g/mol. The van der Waals surface area contributed by atoms with Crippen LogP contribution in [0.2, 0.25) is 0 Å². The molecule has 2 N–H and O–H groups in total. The van der Waals surface area contributed by atoms with Crippen LogP contribution in [0.1, 0.15) is 46.8 Å². The van der Waals surface area contributed by atoms with E-state index in [0.29, 0.717) is 17.0 Å². The van der Waals surface area contributed by atoms with Gasteiger partial charge in [-0.3, -0.25) is 9.69 Å². The van der Waals surface area contributed by atoms with Gasteiger partial charge in [0, 0.05) is 30.9 Å². The number of nitriles is 1. The fourth-order valence-electron chi connectivity index (χ4n) is 3.79. The second-order valence-electron chi connectivity index (χ2n) is 7.42. The van der Waals surface area contributed by atoms with Gasteiger partial charge in [-0.15, -0.1) is 0 Å². The molecule has 0 unspecified atom stereocenters. The molecule has 0 radical (unpaired) electrons. The third kappa shape index (κ3) is 4.98. The third-order valence-electron chi connectivity index (χ3n) is 5.32. The smallest absolute Gasteiger partial charge is 0.255 e. The molecule has 0 saturated carbocycles. The molecule has 1 fully saturated rings. The summed E-state index contributed by atoms with van der Waals surface area (Å²) in [5.74, 6) is 0.206. The van der Waals surface area contributed by atoms with Crippen molar-refractivity contribution in [2.75, 3.05) is 25.0 Å². The zero-order chi connectivity index (χ0) is 19.9. The van der Waals surface area contributed by atoms with E-state index in [4.69, 9.17) is 5.26 Å². The van der Waals surface area contributed by atoms with Crippen molar-refractivity contribution in [2.24, 2.45) is 5.92 Å². The summed E-state index contributed by atoms with van der Waals surface area (Å²) < 4.78 is 0. The van der Waals surface area contributed by atoms with Crippen LogP contribution in [0.25, 0.3) is 0 Å². The molecule has 2 aromatic rings. The molecule has 28 heavy (non-hydrogen) atoms. The quantitative estimate of drug-likeness (QED) is 0.807. The number of nitrogens with zero attached hydrogens (tertiary/aromatic N) is 2. The van der Waals surface area contributed by atoms with Crippen LogP contribution >= 0.6 is 0 Å². The number of aryl methyl sites for hydroxylation is 1. The molecule has 1 atom stereocenters. The van der Waals surface area contributed by atoms with Crippen molar-refractivity contribution in [2.45, 2.75) is 32.7 Å². The lowest BCUT2D eigenvalue weighted by Crippen LogP contribution is -2.36. The molecular formula is C23H27N3O2. The first-order chi connectivity index (χ1) is 13.6. The number of likely N-dealkylation sites (tertiary alicyclic amines) is 1. The van der Waals surface area contributed by atoms with Gasteiger partial charge >= 0.3 is 0 Å². The van der Waals surface area contributed by atoms with Crippen LogP contribution in [0.3, 0.4) is 0 Å². The second kappa shape index (κ2) is 9.50. The van der Waals surface area contributed by atoms with E-state index in [9.17, 15) is 9.90 Å². The van der Waals surface area contributed by atoms with Gasteiger partial charge in [-0.1, -0.05) is 19.1 Å². The fourth-order valence-corrected chi connectivity index (χ4v) is 3.79. The number of piperidine rings is 1. The van der Waals surface area contributed by atoms with Crippen molar-refractivity contribution in [1.82, 2.24) is 4.90 Å². The van der Waals surface area contributed by atoms with Crippen molar-refractivity contribution in [3.05, 3.63) is 64.7 Å². The van der Waals surface area contributed by atoms with Gasteiger partial charge in [0.1, 0.15) is 0 Å². The van der Waals surface area contributed by atoms with Crippen LogP contribution in [0.4, 0.5) is 5.69 Å². The zero-order valence-electron chi connectivity index (χ0n) is 16.3. The Kier molecular flexibility index (Phi) is 6.80. The summed E-state index contributed by atoms with van der Waals surface area (Å²) >= 11 is 0. The van der Waals surface area contributed by atoms with Crippen LogP contribution in [0, 0.1) is 17.2 Å². The average molecular weight is 377 g/mol. The predicted molar refractivity (Wildman–Crippen MR) is 110 cm³/mol. The van der Waals surface area contributed by atoms with E-state index in [0.717, 1.165) is 55.7 Å². The predicted octanol–water partition coefficient (Wildman–Crippen LogP) is 3.58. The van der Waals surface area contributed by atoms with Crippen LogP contribution in [-0.4, -0.2) is 35.6 Å². The molecule has 1 aliphatic heterocycles. The molecule has 5 nitrogen and oxygen atoms in total. The number of anilines is 1. The molecule has 0 spiro atoms. The lowest BCUT2D eigenvalue weighted by atomic mass is 9.98. The maximum Gasteiger partial charge on any atom is 0.255 e. The van der Waals surface area contributed by atoms with Crippen molar-refractivity contribution in [3.63, 3.8) is 0 Å². The Morgan fingerprint density at radius 2 is 2.18 bits per heavy atom. The molecule has 0 bridgehead atoms. The Balaban J connectivity index is 1.70. The summed E-state index contributed by atoms with van der Waals surface area (Å²) in [5.41, 5.74) is 4.02. The Morgan fingerprint density at radius 1 is 1.32 bits per heavy atom. The first kappa shape index (κ1) is 20.1. The number of aliphatic hydroxyl groups excluding tert-OH is 1. The number of aliphatic hydroxyl groups is 1. The molecule has 3 rings (SSSR count). The fraction of sp³-hybridized carbons (Fsp3) is 0.391. The molecular weight excluding hydrogens is 350 g/mol. The van der Waals surface area contributed by atoms with Crippen LogP contribution in [0.15, 0.2) is 42.5 Å². The van der Waals surface area contributed by atoms with Crippen molar-refractivity contribution >= 4 is 11.6 Å². The first-order valence-corrected chi connectivity index (χ1v) is 9.89. The van der Waals surface area contributed by atoms with Gasteiger partial charge in [0.15, 0.2) is 0 Å². The maximum absolute atomic E-state index is 12.8. The highest BCUT2D eigenvalue weighted by Crippen LogP contribution is 2.21. The Bertz CT molecular complexity index is 872. The van der Waals surface area contributed by atoms with Crippen LogP contribution < -0.4 is 5.32 Å². The van der Waals surface area contributed by atoms with Gasteiger partial charge in [0.2, 0.25) is 0 Å². The van der Waals surface area contributed by atoms with Crippen molar-refractivity contribution < 1.29 is 9.90 Å². The van der Waals surface area contributed by atoms with Gasteiger partial charge in [-0.2, -0.15) is 5.26 Å². The molecule has 146 valence electrons. The standard InChI is InChI=1S/C23H27N3O2/c1-2-20-11-17(13-24)8-9-22(20)25-23(28)21-7-3-5-18(12-21)14-26-10-4-6-19(15-26)16-27/h3,5,7-9,11-12,19,27H,2,4,6,10,14-16H2,1H3,(H,25,28)/t19-/m1/s1. The number of hydrogen-bond acceptors (Lipinski definition) is 4. The number of amides is 1. The zero-order valence-corrected chi connectivity index (χ0v) is 16.3. The van der Waals surface area contributed by atoms with Crippen molar-refractivity contribution in [1.29, 1.82) is 5.26 Å². The molecule has 0 aliphatic carbocycles. The van der Waals surface area contributed by atoms with Gasteiger partial charge < -0.3 is 10.4 Å². The first-order valence-electron chi connectivity index (χ1n) is 9.89. The number of carbonyl (C=O) groups is 1. The number of benzene rings is 2. The normalized spacial score (nSPS) is 17.1. The summed E-state index contributed by atoms with van der Waals surface area (Å²) in [7, 11) is 0. The summed E-state index contributed by atoms with van der Waals surface area (Å²) in [6.45, 7) is 4.96. The van der Waals surface area contributed by atoms with Gasteiger partial charge in [0.05, 0.1) is 11.6 Å². The molecule has 1 aliphatic rings. The van der Waals surface area contributed by atoms with E-state index in [2.05, 4.69) is 16.3 Å². The second-order valence-corrected chi connectivity index (χ2v) is 7.42. The van der Waals surface area contributed by atoms with E-state index < -0.39 is 0 Å². The minimum Gasteiger partial charge on any atom is -0.396 e. The summed E-state index contributed by atoms with van der Waals surface area (Å²) in [6.07, 6.45) is 2.93. The van der Waals surface area contributed by atoms with Crippen molar-refractivity contribution in [3.8, 4) is 6.07 Å². The molecule has 1 amide bonds. The Morgan fingerprint density at radius 3 is 2.93 bits per heavy atom. The minimum absolute atomic E-state index is 0.145. The van der Waals surface area contributed by atoms with Gasteiger partial charge in [-0.25, -0.2) is 0 Å². The van der Waals surface area contributed by atoms with E-state index in [1.54, 1.807) is 12.1 Å². The van der Waals surface area contributed by atoms with Crippen LogP contribution in [-0.2, 0) is 13.0 Å². The minimum atomic E-state index is -0.145. The average Bonchev–Trinajstić information content (AvgIpc) is 2.74. The molecule has 2 aromatic carbocycles. The van der Waals surface area contributed by atoms with Crippen LogP contribution in [0.5, 0.6) is 0 Å². The van der Waals surface area contributed by atoms with E-state index in [-0.39, 0.29) is 12.5 Å². The van der Waals surface area contributed by atoms with Gasteiger partial charge in [-0.05, 0) is 73.2 Å². The van der Waals surface area contributed by atoms with Gasteiger partial charge in [0.25, 0.3) is 5.91 Å². The lowest BCUT2D eigenvalue weighted by molar-refractivity contribution is 0.102. The molecule has 0 aromatic heterocycles. The highest BCUT2D eigenvalue weighted by molar-refractivity contribution is 6.04. The van der Waals surface area contributed by atoms with E-state index in [1.807, 2.05) is 37.3 Å².